The molecule has 2 saturated carbocycles. The molecule has 0 bridgehead atoms. The van der Waals surface area contributed by atoms with Crippen molar-refractivity contribution in [2.45, 2.75) is 70.1 Å². The minimum atomic E-state index is 0.105. The van der Waals surface area contributed by atoms with Crippen LogP contribution in [0.15, 0.2) is 71.3 Å². The first-order valence-corrected chi connectivity index (χ1v) is 19.3. The molecule has 1 atom stereocenters. The Morgan fingerprint density at radius 3 is 2.25 bits per heavy atom. The number of nitrogens with zero attached hydrogens (tertiary/aromatic N) is 7. The molecule has 2 aliphatic carbocycles. The Balaban J connectivity index is 0.000000318. The van der Waals surface area contributed by atoms with Crippen LogP contribution >= 0.6 is 0 Å². The molecule has 5 aliphatic rings. The Morgan fingerprint density at radius 1 is 1.04 bits per heavy atom. The number of aliphatic imine (C=N–C) groups is 1. The number of para-hydroxylation sites is 1. The predicted octanol–water partition coefficient (Wildman–Crippen LogP) is 4.64. The molecule has 296 valence electrons. The summed E-state index contributed by atoms with van der Waals surface area (Å²) in [6.45, 7) is 7.23. The molecule has 0 radical (unpaired) electrons. The molecular weight excluding hydrogens is 695 g/mol. The Kier molecular flexibility index (Phi) is 14.6. The van der Waals surface area contributed by atoms with Crippen LogP contribution in [0.3, 0.4) is 0 Å². The van der Waals surface area contributed by atoms with Gasteiger partial charge in [-0.1, -0.05) is 25.1 Å². The summed E-state index contributed by atoms with van der Waals surface area (Å²) in [6, 6.07) is 12.9. The fraction of sp³-hybridized carbons (Fsp3) is 0.488. The van der Waals surface area contributed by atoms with Gasteiger partial charge >= 0.3 is 0 Å². The molecule has 8 rings (SSSR count). The van der Waals surface area contributed by atoms with Crippen molar-refractivity contribution in [3.63, 3.8) is 0 Å². The first-order chi connectivity index (χ1) is 26.6. The van der Waals surface area contributed by atoms with Crippen molar-refractivity contribution >= 4 is 29.8 Å². The van der Waals surface area contributed by atoms with Crippen LogP contribution < -0.4 is 27.0 Å². The van der Waals surface area contributed by atoms with Crippen LogP contribution in [0.5, 0.6) is 0 Å². The number of aromatic nitrogens is 3. The lowest BCUT2D eigenvalue weighted by Crippen LogP contribution is -2.48. The van der Waals surface area contributed by atoms with E-state index in [2.05, 4.69) is 67.1 Å². The lowest BCUT2D eigenvalue weighted by Gasteiger charge is -2.43. The van der Waals surface area contributed by atoms with Gasteiger partial charge in [0.05, 0.1) is 52.4 Å². The number of anilines is 2. The molecule has 2 aromatic heterocycles. The lowest BCUT2D eigenvalue weighted by atomic mass is 9.91. The highest BCUT2D eigenvalue weighted by molar-refractivity contribution is 5.95. The maximum atomic E-state index is 11.1. The molecular formula is C41H59N11O3. The quantitative estimate of drug-likeness (QED) is 0.0602. The third kappa shape index (κ3) is 10.8. The Labute approximate surface area is 325 Å². The first-order valence-electron chi connectivity index (χ1n) is 19.3. The molecule has 14 nitrogen and oxygen atoms in total. The van der Waals surface area contributed by atoms with Crippen LogP contribution in [0, 0.1) is 5.92 Å². The number of pyridine rings is 1. The summed E-state index contributed by atoms with van der Waals surface area (Å²) in [5.41, 5.74) is 19.2. The van der Waals surface area contributed by atoms with Crippen molar-refractivity contribution in [3.05, 3.63) is 83.4 Å². The van der Waals surface area contributed by atoms with E-state index in [0.717, 1.165) is 85.4 Å². The van der Waals surface area contributed by atoms with E-state index in [0.29, 0.717) is 23.9 Å². The SMILES string of the molecule is CCC1c2c(cnn2C2CN(Cc3cccc(C=O)n3)C2)-c2cccc(NC(=C/C(N)=NC)/C(N)=C\O)c2N1C.CN1CCC1.CNC1CC1.O=CC1CC1. The number of fused-ring (bicyclic) bond motifs is 3. The van der Waals surface area contributed by atoms with Crippen molar-refractivity contribution in [1.82, 2.24) is 29.9 Å². The number of carbonyl (C=O) groups is 2. The van der Waals surface area contributed by atoms with Gasteiger partial charge in [-0.15, -0.1) is 0 Å². The first kappa shape index (κ1) is 41.1. The normalized spacial score (nSPS) is 19.8. The number of aldehydes is 2. The number of amidine groups is 1. The van der Waals surface area contributed by atoms with E-state index in [1.807, 2.05) is 37.5 Å². The van der Waals surface area contributed by atoms with Crippen LogP contribution in [-0.2, 0) is 11.3 Å². The number of hydrogen-bond donors (Lipinski definition) is 5. The van der Waals surface area contributed by atoms with Gasteiger partial charge in [-0.3, -0.25) is 19.4 Å². The molecule has 7 N–H and O–H groups in total. The second-order valence-electron chi connectivity index (χ2n) is 14.8. The zero-order valence-electron chi connectivity index (χ0n) is 33.0. The van der Waals surface area contributed by atoms with Crippen LogP contribution in [0.4, 0.5) is 11.4 Å². The Morgan fingerprint density at radius 2 is 1.75 bits per heavy atom. The van der Waals surface area contributed by atoms with Gasteiger partial charge in [-0.05, 0) is 83.9 Å². The largest absolute Gasteiger partial charge is 0.513 e. The lowest BCUT2D eigenvalue weighted by molar-refractivity contribution is -0.108. The zero-order chi connectivity index (χ0) is 39.5. The van der Waals surface area contributed by atoms with Crippen LogP contribution in [0.1, 0.15) is 79.4 Å². The predicted molar refractivity (Wildman–Crippen MR) is 220 cm³/mol. The fourth-order valence-electron chi connectivity index (χ4n) is 6.66. The molecule has 14 heteroatoms. The number of aliphatic hydroxyl groups is 1. The Bertz CT molecular complexity index is 1840. The molecule has 1 aromatic carbocycles. The van der Waals surface area contributed by atoms with Crippen molar-refractivity contribution < 1.29 is 14.7 Å². The molecule has 2 saturated heterocycles. The standard InChI is InChI=1S/C29H35N9O2.2C4H9N.C4H6O/c1-4-26-29-22(12-33-38(29)20-14-37(15-20)13-18-7-5-8-19(16-39)34-18)21-9-6-10-24(28(21)36(26)3)35-25(23(30)17-40)11-27(31)32-2;1-5-3-2-4-5;1-5-4-2-3-4;5-3-4-1-2-4/h5-12,16-17,20,26,35,40H,4,13-15,30H2,1-3H3,(H2,31,32);2-4H2,1H3;4-5H,2-3H2,1H3;3-4H,1-2H2/b23-17+,25-11+;;;. The number of benzene rings is 1. The summed E-state index contributed by atoms with van der Waals surface area (Å²) >= 11 is 0. The van der Waals surface area contributed by atoms with Crippen molar-refractivity contribution in [3.8, 4) is 11.1 Å². The number of nitrogens with two attached hydrogens (primary N) is 2. The highest BCUT2D eigenvalue weighted by atomic mass is 16.2. The van der Waals surface area contributed by atoms with Crippen molar-refractivity contribution in [2.24, 2.45) is 22.4 Å². The molecule has 3 aliphatic heterocycles. The second kappa shape index (κ2) is 19.5. The summed E-state index contributed by atoms with van der Waals surface area (Å²) in [5, 5.41) is 21.0. The molecule has 1 unspecified atom stereocenters. The van der Waals surface area contributed by atoms with Gasteiger partial charge < -0.3 is 41.8 Å². The summed E-state index contributed by atoms with van der Waals surface area (Å²) in [5.74, 6) is 0.734. The van der Waals surface area contributed by atoms with Gasteiger partial charge in [-0.25, -0.2) is 4.98 Å². The van der Waals surface area contributed by atoms with Gasteiger partial charge in [0, 0.05) is 62.9 Å². The topological polar surface area (TPSA) is 183 Å². The third-order valence-electron chi connectivity index (χ3n) is 10.5. The van der Waals surface area contributed by atoms with E-state index in [1.165, 1.54) is 38.0 Å². The number of aliphatic hydroxyl groups excluding tert-OH is 1. The zero-order valence-corrected chi connectivity index (χ0v) is 33.0. The monoisotopic (exact) mass is 753 g/mol. The summed E-state index contributed by atoms with van der Waals surface area (Å²) < 4.78 is 2.19. The summed E-state index contributed by atoms with van der Waals surface area (Å²) in [7, 11) is 7.84. The number of rotatable bonds is 11. The highest BCUT2D eigenvalue weighted by Gasteiger charge is 2.38. The van der Waals surface area contributed by atoms with Crippen LogP contribution in [-0.4, -0.2) is 108 Å². The molecule has 4 fully saturated rings. The van der Waals surface area contributed by atoms with Gasteiger partial charge in [0.25, 0.3) is 0 Å². The van der Waals surface area contributed by atoms with Gasteiger partial charge in [-0.2, -0.15) is 5.10 Å². The van der Waals surface area contributed by atoms with Crippen LogP contribution in [0.2, 0.25) is 0 Å². The number of hydrogen-bond acceptors (Lipinski definition) is 12. The highest BCUT2D eigenvalue weighted by Crippen LogP contribution is 2.49. The van der Waals surface area contributed by atoms with Crippen LogP contribution in [0.25, 0.3) is 11.1 Å². The van der Waals surface area contributed by atoms with E-state index in [1.54, 1.807) is 19.2 Å². The molecule has 3 aromatic rings. The average molecular weight is 754 g/mol. The molecule has 55 heavy (non-hydrogen) atoms. The van der Waals surface area contributed by atoms with E-state index in [-0.39, 0.29) is 23.6 Å². The minimum Gasteiger partial charge on any atom is -0.513 e. The van der Waals surface area contributed by atoms with Gasteiger partial charge in [0.2, 0.25) is 0 Å². The second-order valence-corrected chi connectivity index (χ2v) is 14.8. The third-order valence-corrected chi connectivity index (χ3v) is 10.5. The minimum absolute atomic E-state index is 0.105. The smallest absolute Gasteiger partial charge is 0.168 e. The van der Waals surface area contributed by atoms with Crippen molar-refractivity contribution in [2.75, 3.05) is 64.6 Å². The van der Waals surface area contributed by atoms with Gasteiger partial charge in [0.15, 0.2) is 6.29 Å². The van der Waals surface area contributed by atoms with E-state index in [4.69, 9.17) is 16.6 Å². The number of carbonyl (C=O) groups excluding carboxylic acids is 2. The summed E-state index contributed by atoms with van der Waals surface area (Å²) in [4.78, 5) is 35.9. The van der Waals surface area contributed by atoms with Crippen molar-refractivity contribution in [1.29, 1.82) is 0 Å². The molecule has 0 amide bonds. The van der Waals surface area contributed by atoms with E-state index >= 15 is 0 Å². The maximum absolute atomic E-state index is 11.1. The maximum Gasteiger partial charge on any atom is 0.168 e. The average Bonchev–Trinajstić information content (AvgIpc) is 4.13. The summed E-state index contributed by atoms with van der Waals surface area (Å²) in [6.07, 6.45) is 13.6. The van der Waals surface area contributed by atoms with Gasteiger partial charge in [0.1, 0.15) is 24.1 Å². The van der Waals surface area contributed by atoms with E-state index < -0.39 is 0 Å². The van der Waals surface area contributed by atoms with E-state index in [9.17, 15) is 14.7 Å². The Hall–Kier alpha value is -5.05. The fourth-order valence-corrected chi connectivity index (χ4v) is 6.66. The molecule has 5 heterocycles. The number of nitrogens with one attached hydrogen (secondary N) is 2. The molecule has 0 spiro atoms. The number of likely N-dealkylation sites (tertiary alicyclic amines) is 2.